The molecule has 0 radical (unpaired) electrons. The van der Waals surface area contributed by atoms with E-state index in [-0.39, 0.29) is 0 Å². The van der Waals surface area contributed by atoms with Crippen molar-refractivity contribution in [2.24, 2.45) is 0 Å². The van der Waals surface area contributed by atoms with E-state index in [1.54, 1.807) is 0 Å². The van der Waals surface area contributed by atoms with Crippen LogP contribution in [0.5, 0.6) is 0 Å². The van der Waals surface area contributed by atoms with Crippen LogP contribution in [0.4, 0.5) is 0 Å². The maximum absolute atomic E-state index is 3.86. The Morgan fingerprint density at radius 3 is 0.571 bits per heavy atom. The van der Waals surface area contributed by atoms with Crippen molar-refractivity contribution in [1.82, 2.24) is 0 Å². The Balaban J connectivity index is 0.000000102. The molecular weight excluding hydrogens is 1580 g/mol. The topological polar surface area (TPSA) is 0 Å². The minimum Gasteiger partial charge on any atom is -0.0617 e. The molecule has 0 spiro atoms. The van der Waals surface area contributed by atoms with E-state index in [0.717, 1.165) is 26.8 Å². The fraction of sp³-hybridized carbons (Fsp3) is 0.0870. The third-order valence-corrected chi connectivity index (χ3v) is 26.7. The van der Waals surface area contributed by atoms with E-state index < -0.39 is 0 Å². The Bertz CT molecular complexity index is 6500. The van der Waals surface area contributed by atoms with E-state index in [1.807, 2.05) is 0 Å². The lowest BCUT2D eigenvalue weighted by atomic mass is 9.75. The Kier molecular flexibility index (Phi) is 12.2. The molecule has 0 amide bonds. The highest BCUT2D eigenvalue weighted by Crippen LogP contribution is 2.59. The third-order valence-electron chi connectivity index (χ3n) is 22.9. The molecule has 23 aromatic carbocycles. The SMILES string of the molecule is Brc1cc2cc(Br)c3c(Br)cc4cc(Br)c5c(Br)cc6cc(Br)c1c1c2c3c4c5c61.Cc1cccc(C)c1-c1cc2cc(C)c3c(C)cc4cc(C)c5c(C)cc6cc(-c7c(C)cccc7C)c1c1c2c3c4c5c61.c1cc2ccc3ccc4ccc5ccc6ccc1c1c2c3c4c5c61. The van der Waals surface area contributed by atoms with Crippen molar-refractivity contribution in [1.29, 1.82) is 0 Å². The lowest BCUT2D eigenvalue weighted by molar-refractivity contribution is 1.38. The standard InChI is InChI=1S/C44H36.C24H6Br6.C24H12/c1-21-11-9-12-22(2)34(21)32-19-30-17-27(7)36-25(5)15-29-16-26(6)37-28(8)18-31-20-33(35-23(3)13-10-14-24(35)4)41(32)44-39(30)42(36)38(29)43(37)40(31)44;25-10-1-7-2-11(26)20-13(28)5-9-6-15(30)21-14(29)4-8-3-12(27)19(10)22-16(7)23(20)18(9)24(21)17(8)22;1-2-14-5-6-16-9-11-18-12-10-17-8-7-15-4-3-13(1)19-20(14)22(16)24(18)23(17)21(15)19/h9-20H,1-8H3;1-6H;1-12H. The van der Waals surface area contributed by atoms with Gasteiger partial charge in [0.05, 0.1) is 0 Å². The molecule has 0 aliphatic rings. The molecule has 0 aliphatic heterocycles. The van der Waals surface area contributed by atoms with E-state index in [1.165, 1.54) is 261 Å². The van der Waals surface area contributed by atoms with Crippen LogP contribution in [0.25, 0.3) is 216 Å². The number of aryl methyl sites for hydroxylation is 8. The lowest BCUT2D eigenvalue weighted by Gasteiger charge is -2.27. The van der Waals surface area contributed by atoms with Crippen molar-refractivity contribution >= 4 is 289 Å². The minimum atomic E-state index is 1.10. The molecule has 0 aliphatic carbocycles. The summed E-state index contributed by atoms with van der Waals surface area (Å²) in [6.07, 6.45) is 0. The zero-order valence-corrected chi connectivity index (χ0v) is 64.1. The maximum Gasteiger partial charge on any atom is 0.0271 e. The molecule has 23 rings (SSSR count). The van der Waals surface area contributed by atoms with Crippen LogP contribution in [-0.4, -0.2) is 0 Å². The van der Waals surface area contributed by atoms with Gasteiger partial charge in [0, 0.05) is 59.2 Å². The summed E-state index contributed by atoms with van der Waals surface area (Å²) in [6, 6.07) is 69.1. The summed E-state index contributed by atoms with van der Waals surface area (Å²) in [5.74, 6) is 0. The summed E-state index contributed by atoms with van der Waals surface area (Å²) in [5.41, 5.74) is 16.2. The molecule has 0 fully saturated rings. The second kappa shape index (κ2) is 20.3. The molecule has 6 heteroatoms. The molecule has 0 heterocycles. The largest absolute Gasteiger partial charge is 0.0617 e. The van der Waals surface area contributed by atoms with Crippen LogP contribution in [0.2, 0.25) is 0 Å². The summed E-state index contributed by atoms with van der Waals surface area (Å²) in [6.45, 7) is 18.4. The second-order valence-electron chi connectivity index (χ2n) is 28.4. The average Bonchev–Trinajstić information content (AvgIpc) is 0.681. The molecule has 0 bridgehead atoms. The van der Waals surface area contributed by atoms with Gasteiger partial charge >= 0.3 is 0 Å². The molecule has 0 nitrogen and oxygen atoms in total. The van der Waals surface area contributed by atoms with Crippen molar-refractivity contribution in [3.8, 4) is 22.3 Å². The molecule has 0 aromatic heterocycles. The van der Waals surface area contributed by atoms with Gasteiger partial charge in [-0.05, 0) is 332 Å². The smallest absolute Gasteiger partial charge is 0.0271 e. The lowest BCUT2D eigenvalue weighted by Crippen LogP contribution is -2.01. The summed E-state index contributed by atoms with van der Waals surface area (Å²) in [4.78, 5) is 0. The zero-order chi connectivity index (χ0) is 66.4. The predicted octanol–water partition coefficient (Wildman–Crippen LogP) is 31.1. The van der Waals surface area contributed by atoms with Crippen LogP contribution >= 0.6 is 95.6 Å². The molecule has 464 valence electrons. The normalized spacial score (nSPS) is 12.8. The van der Waals surface area contributed by atoms with Gasteiger partial charge in [-0.3, -0.25) is 0 Å². The van der Waals surface area contributed by atoms with Gasteiger partial charge in [0.1, 0.15) is 0 Å². The van der Waals surface area contributed by atoms with Gasteiger partial charge in [0.25, 0.3) is 0 Å². The van der Waals surface area contributed by atoms with Gasteiger partial charge < -0.3 is 0 Å². The van der Waals surface area contributed by atoms with Crippen LogP contribution < -0.4 is 0 Å². The van der Waals surface area contributed by atoms with Crippen LogP contribution in [0.15, 0.2) is 209 Å². The van der Waals surface area contributed by atoms with Crippen molar-refractivity contribution in [3.05, 3.63) is 253 Å². The minimum absolute atomic E-state index is 1.10. The van der Waals surface area contributed by atoms with E-state index in [0.29, 0.717) is 0 Å². The fourth-order valence-electron chi connectivity index (χ4n) is 19.4. The van der Waals surface area contributed by atoms with Crippen LogP contribution in [0.1, 0.15) is 44.5 Å². The molecule has 0 unspecified atom stereocenters. The van der Waals surface area contributed by atoms with Gasteiger partial charge in [0.2, 0.25) is 0 Å². The van der Waals surface area contributed by atoms with E-state index in [4.69, 9.17) is 0 Å². The highest BCUT2D eigenvalue weighted by Gasteiger charge is 2.31. The number of rotatable bonds is 2. The van der Waals surface area contributed by atoms with Gasteiger partial charge in [0.15, 0.2) is 0 Å². The van der Waals surface area contributed by atoms with Gasteiger partial charge in [-0.15, -0.1) is 0 Å². The Morgan fingerprint density at radius 1 is 0.153 bits per heavy atom. The predicted molar refractivity (Wildman–Crippen MR) is 450 cm³/mol. The first-order chi connectivity index (χ1) is 47.4. The number of hydrogen-bond donors (Lipinski definition) is 0. The van der Waals surface area contributed by atoms with E-state index in [2.05, 4.69) is 333 Å². The number of benzene rings is 23. The molecule has 23 aromatic rings. The fourth-order valence-corrected chi connectivity index (χ4v) is 24.2. The van der Waals surface area contributed by atoms with E-state index in [9.17, 15) is 0 Å². The molecule has 0 atom stereocenters. The molecular formula is C92H54Br6. The monoisotopic (exact) mass is 1630 g/mol. The van der Waals surface area contributed by atoms with Gasteiger partial charge in [-0.25, -0.2) is 0 Å². The highest BCUT2D eigenvalue weighted by atomic mass is 79.9. The number of halogens is 6. The zero-order valence-electron chi connectivity index (χ0n) is 54.6. The summed E-state index contributed by atoms with van der Waals surface area (Å²) < 4.78 is 6.62. The Hall–Kier alpha value is -8.04. The summed E-state index contributed by atoms with van der Waals surface area (Å²) >= 11 is 23.2. The van der Waals surface area contributed by atoms with Gasteiger partial charge in [-0.1, -0.05) is 229 Å². The molecule has 0 saturated carbocycles. The first-order valence-electron chi connectivity index (χ1n) is 33.5. The summed E-state index contributed by atoms with van der Waals surface area (Å²) in [5, 5.41) is 49.0. The Morgan fingerprint density at radius 2 is 0.337 bits per heavy atom. The van der Waals surface area contributed by atoms with E-state index >= 15 is 0 Å². The third kappa shape index (κ3) is 7.49. The Labute approximate surface area is 614 Å². The van der Waals surface area contributed by atoms with Crippen molar-refractivity contribution < 1.29 is 0 Å². The van der Waals surface area contributed by atoms with Crippen molar-refractivity contribution in [2.45, 2.75) is 55.4 Å². The molecule has 0 saturated heterocycles. The first kappa shape index (κ1) is 58.9. The first-order valence-corrected chi connectivity index (χ1v) is 38.3. The highest BCUT2D eigenvalue weighted by molar-refractivity contribution is 9.12. The van der Waals surface area contributed by atoms with Crippen LogP contribution in [-0.2, 0) is 0 Å². The maximum atomic E-state index is 3.86. The van der Waals surface area contributed by atoms with Gasteiger partial charge in [-0.2, -0.15) is 0 Å². The molecule has 98 heavy (non-hydrogen) atoms. The van der Waals surface area contributed by atoms with Crippen molar-refractivity contribution in [3.63, 3.8) is 0 Å². The van der Waals surface area contributed by atoms with Crippen LogP contribution in [0, 0.1) is 55.4 Å². The van der Waals surface area contributed by atoms with Crippen molar-refractivity contribution in [2.75, 3.05) is 0 Å². The number of hydrogen-bond acceptors (Lipinski definition) is 0. The second-order valence-corrected chi connectivity index (χ2v) is 33.5. The average molecular weight is 1640 g/mol. The van der Waals surface area contributed by atoms with Crippen LogP contribution in [0.3, 0.4) is 0 Å². The molecule has 0 N–H and O–H groups in total. The summed E-state index contributed by atoms with van der Waals surface area (Å²) in [7, 11) is 0. The quantitative estimate of drug-likeness (QED) is 0.120.